The minimum absolute atomic E-state index is 0.126. The fourth-order valence-electron chi connectivity index (χ4n) is 3.80. The second-order valence-corrected chi connectivity index (χ2v) is 9.96. The van der Waals surface area contributed by atoms with E-state index in [0.29, 0.717) is 19.6 Å². The first-order valence-corrected chi connectivity index (χ1v) is 12.7. The first kappa shape index (κ1) is 22.4. The second kappa shape index (κ2) is 10.3. The molecule has 0 bridgehead atoms. The van der Waals surface area contributed by atoms with E-state index >= 15 is 0 Å². The molecule has 0 spiro atoms. The van der Waals surface area contributed by atoms with Gasteiger partial charge in [-0.2, -0.15) is 0 Å². The molecule has 1 amide bonds. The number of amides is 1. The molecule has 0 radical (unpaired) electrons. The van der Waals surface area contributed by atoms with Crippen LogP contribution < -0.4 is 15.0 Å². The van der Waals surface area contributed by atoms with Crippen LogP contribution in [0.3, 0.4) is 0 Å². The zero-order chi connectivity index (χ0) is 23.3. The molecule has 1 aliphatic heterocycles. The molecule has 34 heavy (non-hydrogen) atoms. The average molecular weight is 490 g/mol. The first-order chi connectivity index (χ1) is 16.6. The molecule has 0 saturated carbocycles. The molecule has 4 aromatic rings. The summed E-state index contributed by atoms with van der Waals surface area (Å²) in [6, 6.07) is 25.8. The number of thiazole rings is 1. The lowest BCUT2D eigenvalue weighted by Crippen LogP contribution is -2.30. The molecule has 3 aromatic carbocycles. The molecule has 1 N–H and O–H groups in total. The number of fused-ring (bicyclic) bond motifs is 1. The number of para-hydroxylation sites is 1. The molecule has 1 atom stereocenters. The summed E-state index contributed by atoms with van der Waals surface area (Å²) in [7, 11) is 0. The van der Waals surface area contributed by atoms with Gasteiger partial charge in [0.15, 0.2) is 5.13 Å². The van der Waals surface area contributed by atoms with Crippen LogP contribution >= 0.6 is 23.1 Å². The van der Waals surface area contributed by atoms with Gasteiger partial charge in [-0.05, 0) is 35.4 Å². The summed E-state index contributed by atoms with van der Waals surface area (Å²) in [5.41, 5.74) is 3.21. The van der Waals surface area contributed by atoms with Gasteiger partial charge in [-0.15, -0.1) is 0 Å². The van der Waals surface area contributed by atoms with Crippen molar-refractivity contribution in [1.29, 1.82) is 0 Å². The summed E-state index contributed by atoms with van der Waals surface area (Å²) in [5, 5.41) is 3.27. The van der Waals surface area contributed by atoms with Crippen molar-refractivity contribution in [2.24, 2.45) is 0 Å². The molecular formula is C26H23N3O3S2. The highest BCUT2D eigenvalue weighted by atomic mass is 32.2. The molecule has 2 heterocycles. The van der Waals surface area contributed by atoms with Gasteiger partial charge in [0.2, 0.25) is 5.12 Å². The predicted octanol–water partition coefficient (Wildman–Crippen LogP) is 5.28. The molecule has 5 rings (SSSR count). The number of nitrogens with zero attached hydrogens (tertiary/aromatic N) is 2. The number of benzene rings is 3. The molecule has 1 aromatic heterocycles. The van der Waals surface area contributed by atoms with E-state index in [4.69, 9.17) is 9.72 Å². The number of hydrogen-bond donors (Lipinski definition) is 1. The van der Waals surface area contributed by atoms with Gasteiger partial charge in [-0.25, -0.2) is 4.98 Å². The lowest BCUT2D eigenvalue weighted by molar-refractivity contribution is -0.112. The van der Waals surface area contributed by atoms with Crippen LogP contribution in [0.2, 0.25) is 0 Å². The Bertz CT molecular complexity index is 1260. The number of anilines is 1. The number of carbonyl (C=O) groups is 2. The Morgan fingerprint density at radius 3 is 2.41 bits per heavy atom. The summed E-state index contributed by atoms with van der Waals surface area (Å²) in [4.78, 5) is 30.3. The van der Waals surface area contributed by atoms with Crippen molar-refractivity contribution in [2.75, 3.05) is 18.1 Å². The fraction of sp³-hybridized carbons (Fsp3) is 0.192. The highest BCUT2D eigenvalue weighted by Gasteiger charge is 2.31. The molecule has 1 fully saturated rings. The molecular weight excluding hydrogens is 466 g/mol. The number of carbonyl (C=O) groups excluding carboxylic acids is 2. The van der Waals surface area contributed by atoms with E-state index in [0.717, 1.165) is 40.3 Å². The van der Waals surface area contributed by atoms with Crippen LogP contribution in [-0.4, -0.2) is 34.5 Å². The van der Waals surface area contributed by atoms with Crippen LogP contribution in [0.25, 0.3) is 10.2 Å². The van der Waals surface area contributed by atoms with Gasteiger partial charge in [0.25, 0.3) is 5.24 Å². The van der Waals surface area contributed by atoms with Crippen LogP contribution in [0.15, 0.2) is 78.9 Å². The van der Waals surface area contributed by atoms with Gasteiger partial charge >= 0.3 is 0 Å². The average Bonchev–Trinajstić information content (AvgIpc) is 3.42. The van der Waals surface area contributed by atoms with Gasteiger partial charge in [0.05, 0.1) is 16.8 Å². The normalized spacial score (nSPS) is 15.5. The maximum Gasteiger partial charge on any atom is 0.287 e. The van der Waals surface area contributed by atoms with Crippen molar-refractivity contribution in [2.45, 2.75) is 19.0 Å². The quantitative estimate of drug-likeness (QED) is 0.345. The lowest BCUT2D eigenvalue weighted by Gasteiger charge is -2.22. The van der Waals surface area contributed by atoms with E-state index in [1.54, 1.807) is 11.3 Å². The fourth-order valence-corrected chi connectivity index (χ4v) is 5.46. The third-order valence-corrected chi connectivity index (χ3v) is 7.42. The van der Waals surface area contributed by atoms with Gasteiger partial charge in [-0.3, -0.25) is 9.59 Å². The van der Waals surface area contributed by atoms with Crippen LogP contribution in [0.1, 0.15) is 11.1 Å². The Morgan fingerprint density at radius 2 is 1.68 bits per heavy atom. The largest absolute Gasteiger partial charge is 0.492 e. The van der Waals surface area contributed by atoms with Crippen molar-refractivity contribution in [1.82, 2.24) is 10.3 Å². The van der Waals surface area contributed by atoms with Crippen molar-refractivity contribution in [3.8, 4) is 5.75 Å². The van der Waals surface area contributed by atoms with Crippen LogP contribution in [0.5, 0.6) is 5.75 Å². The Morgan fingerprint density at radius 1 is 0.912 bits per heavy atom. The minimum Gasteiger partial charge on any atom is -0.492 e. The zero-order valence-corrected chi connectivity index (χ0v) is 20.0. The van der Waals surface area contributed by atoms with Gasteiger partial charge in [-0.1, -0.05) is 65.9 Å². The summed E-state index contributed by atoms with van der Waals surface area (Å²) in [6.07, 6.45) is 0.486. The highest BCUT2D eigenvalue weighted by molar-refractivity contribution is 8.26. The van der Waals surface area contributed by atoms with Gasteiger partial charge in [0.1, 0.15) is 18.4 Å². The summed E-state index contributed by atoms with van der Waals surface area (Å²) >= 11 is 2.43. The smallest absolute Gasteiger partial charge is 0.287 e. The van der Waals surface area contributed by atoms with Gasteiger partial charge < -0.3 is 15.0 Å². The van der Waals surface area contributed by atoms with E-state index in [2.05, 4.69) is 28.4 Å². The Kier molecular flexibility index (Phi) is 6.78. The molecule has 1 aliphatic rings. The third kappa shape index (κ3) is 5.40. The number of thioether (sulfide) groups is 1. The summed E-state index contributed by atoms with van der Waals surface area (Å²) in [5.74, 6) is 0.767. The summed E-state index contributed by atoms with van der Waals surface area (Å²) < 4.78 is 7.20. The third-order valence-electron chi connectivity index (χ3n) is 5.53. The Labute approximate surface area is 206 Å². The molecule has 8 heteroatoms. The SMILES string of the molecule is O=C1NC(Cc2ccc(OCCN(Cc3ccccc3)c3nc4ccccc4s3)cc2)C(=O)S1. The van der Waals surface area contributed by atoms with E-state index in [9.17, 15) is 9.59 Å². The van der Waals surface area contributed by atoms with Crippen molar-refractivity contribution in [3.63, 3.8) is 0 Å². The number of aromatic nitrogens is 1. The second-order valence-electron chi connectivity index (χ2n) is 7.97. The molecule has 0 aliphatic carbocycles. The highest BCUT2D eigenvalue weighted by Crippen LogP contribution is 2.29. The number of rotatable bonds is 9. The van der Waals surface area contributed by atoms with Crippen LogP contribution in [0, 0.1) is 0 Å². The number of ether oxygens (including phenoxy) is 1. The van der Waals surface area contributed by atoms with Gasteiger partial charge in [0, 0.05) is 24.7 Å². The Balaban J connectivity index is 1.22. The summed E-state index contributed by atoms with van der Waals surface area (Å²) in [6.45, 7) is 1.95. The van der Waals surface area contributed by atoms with E-state index in [1.165, 1.54) is 10.3 Å². The van der Waals surface area contributed by atoms with E-state index in [-0.39, 0.29) is 10.4 Å². The zero-order valence-electron chi connectivity index (χ0n) is 18.3. The topological polar surface area (TPSA) is 71.5 Å². The van der Waals surface area contributed by atoms with Crippen LogP contribution in [0.4, 0.5) is 9.93 Å². The van der Waals surface area contributed by atoms with Crippen molar-refractivity contribution in [3.05, 3.63) is 90.0 Å². The maximum absolute atomic E-state index is 11.8. The van der Waals surface area contributed by atoms with Crippen molar-refractivity contribution >= 4 is 48.8 Å². The molecule has 6 nitrogen and oxygen atoms in total. The number of nitrogens with one attached hydrogen (secondary N) is 1. The van der Waals surface area contributed by atoms with E-state index in [1.807, 2.05) is 60.7 Å². The van der Waals surface area contributed by atoms with Crippen LogP contribution in [-0.2, 0) is 17.8 Å². The molecule has 1 unspecified atom stereocenters. The predicted molar refractivity (Wildman–Crippen MR) is 138 cm³/mol. The first-order valence-electron chi connectivity index (χ1n) is 11.0. The van der Waals surface area contributed by atoms with E-state index < -0.39 is 6.04 Å². The number of hydrogen-bond acceptors (Lipinski definition) is 7. The maximum atomic E-state index is 11.8. The molecule has 172 valence electrons. The standard InChI is InChI=1S/C26H23N3O3S2/c30-24-22(28-26(31)34-24)16-18-10-12-20(13-11-18)32-15-14-29(17-19-6-2-1-3-7-19)25-27-21-8-4-5-9-23(21)33-25/h1-13,22H,14-17H2,(H,28,31). The van der Waals surface area contributed by atoms with Crippen molar-refractivity contribution < 1.29 is 14.3 Å². The Hall–Kier alpha value is -3.36. The monoisotopic (exact) mass is 489 g/mol. The minimum atomic E-state index is -0.454. The molecule has 1 saturated heterocycles. The lowest BCUT2D eigenvalue weighted by atomic mass is 10.1.